The minimum Gasteiger partial charge on any atom is -0.325 e. The molecule has 3 aromatic carbocycles. The van der Waals surface area contributed by atoms with Gasteiger partial charge in [-0.3, -0.25) is 9.36 Å². The van der Waals surface area contributed by atoms with Gasteiger partial charge in [0, 0.05) is 17.1 Å². The van der Waals surface area contributed by atoms with Crippen molar-refractivity contribution in [3.8, 4) is 5.69 Å². The minimum absolute atomic E-state index is 0.0555. The summed E-state index contributed by atoms with van der Waals surface area (Å²) in [5, 5.41) is 12.6. The Balaban J connectivity index is 1.46. The van der Waals surface area contributed by atoms with Gasteiger partial charge in [-0.05, 0) is 42.7 Å². The van der Waals surface area contributed by atoms with Crippen LogP contribution in [0, 0.1) is 13.8 Å². The van der Waals surface area contributed by atoms with E-state index in [9.17, 15) is 4.79 Å². The van der Waals surface area contributed by atoms with Crippen LogP contribution in [0.2, 0.25) is 0 Å². The van der Waals surface area contributed by atoms with Gasteiger partial charge in [-0.2, -0.15) is 0 Å². The zero-order valence-corrected chi connectivity index (χ0v) is 20.3. The Morgan fingerprint density at radius 1 is 0.848 bits per heavy atom. The number of carbonyl (C=O) groups excluding carboxylic acids is 1. The molecule has 0 unspecified atom stereocenters. The van der Waals surface area contributed by atoms with Crippen molar-refractivity contribution in [1.82, 2.24) is 14.8 Å². The normalized spacial score (nSPS) is 10.8. The maximum absolute atomic E-state index is 12.7. The van der Waals surface area contributed by atoms with Gasteiger partial charge in [0.1, 0.15) is 5.82 Å². The zero-order valence-electron chi connectivity index (χ0n) is 18.7. The lowest BCUT2D eigenvalue weighted by Crippen LogP contribution is -2.16. The molecule has 0 fully saturated rings. The highest BCUT2D eigenvalue weighted by atomic mass is 32.2. The minimum atomic E-state index is -0.0555. The van der Waals surface area contributed by atoms with E-state index in [1.807, 2.05) is 68.4 Å². The molecule has 7 heteroatoms. The van der Waals surface area contributed by atoms with Gasteiger partial charge in [-0.25, -0.2) is 0 Å². The first-order chi connectivity index (χ1) is 16.1. The number of rotatable bonds is 9. The molecule has 4 aromatic rings. The van der Waals surface area contributed by atoms with E-state index in [0.29, 0.717) is 5.16 Å². The number of benzene rings is 3. The van der Waals surface area contributed by atoms with Crippen molar-refractivity contribution in [1.29, 1.82) is 0 Å². The summed E-state index contributed by atoms with van der Waals surface area (Å²) in [6.07, 6.45) is 0. The molecule has 33 heavy (non-hydrogen) atoms. The van der Waals surface area contributed by atoms with E-state index in [-0.39, 0.29) is 11.7 Å². The monoisotopic (exact) mass is 474 g/mol. The Bertz CT molecular complexity index is 1190. The SMILES string of the molecule is Cc1cccc(C)c1NC(=O)CSc1nnc(CSCc2ccccc2)n1-c1ccccc1. The van der Waals surface area contributed by atoms with E-state index in [2.05, 4.69) is 44.3 Å². The van der Waals surface area contributed by atoms with Gasteiger partial charge < -0.3 is 5.32 Å². The molecule has 1 aromatic heterocycles. The van der Waals surface area contributed by atoms with Crippen LogP contribution in [-0.2, 0) is 16.3 Å². The van der Waals surface area contributed by atoms with E-state index in [1.165, 1.54) is 17.3 Å². The third-order valence-corrected chi connectivity index (χ3v) is 7.06. The highest BCUT2D eigenvalue weighted by molar-refractivity contribution is 7.99. The van der Waals surface area contributed by atoms with Crippen LogP contribution in [-0.4, -0.2) is 26.4 Å². The van der Waals surface area contributed by atoms with Crippen molar-refractivity contribution in [2.24, 2.45) is 0 Å². The van der Waals surface area contributed by atoms with Crippen molar-refractivity contribution in [2.75, 3.05) is 11.1 Å². The third kappa shape index (κ3) is 6.06. The van der Waals surface area contributed by atoms with Crippen LogP contribution in [0.15, 0.2) is 84.0 Å². The molecule has 0 spiro atoms. The van der Waals surface area contributed by atoms with Crippen molar-refractivity contribution < 1.29 is 4.79 Å². The van der Waals surface area contributed by atoms with Crippen LogP contribution in [0.1, 0.15) is 22.5 Å². The first kappa shape index (κ1) is 23.1. The van der Waals surface area contributed by atoms with Crippen LogP contribution < -0.4 is 5.32 Å². The molecule has 0 aliphatic carbocycles. The average molecular weight is 475 g/mol. The van der Waals surface area contributed by atoms with E-state index >= 15 is 0 Å². The number of para-hydroxylation sites is 2. The lowest BCUT2D eigenvalue weighted by Gasteiger charge is -2.12. The molecule has 0 aliphatic heterocycles. The smallest absolute Gasteiger partial charge is 0.234 e. The van der Waals surface area contributed by atoms with Gasteiger partial charge >= 0.3 is 0 Å². The predicted octanol–water partition coefficient (Wildman–Crippen LogP) is 6.05. The second-order valence-corrected chi connectivity index (χ2v) is 9.58. The van der Waals surface area contributed by atoms with Gasteiger partial charge in [0.05, 0.1) is 11.5 Å². The Morgan fingerprint density at radius 3 is 2.21 bits per heavy atom. The number of hydrogen-bond donors (Lipinski definition) is 1. The van der Waals surface area contributed by atoms with E-state index < -0.39 is 0 Å². The molecule has 1 N–H and O–H groups in total. The first-order valence-corrected chi connectivity index (χ1v) is 12.9. The Hall–Kier alpha value is -3.03. The van der Waals surface area contributed by atoms with Gasteiger partial charge in [0.25, 0.3) is 0 Å². The molecule has 1 heterocycles. The van der Waals surface area contributed by atoms with Crippen molar-refractivity contribution in [3.05, 3.63) is 101 Å². The lowest BCUT2D eigenvalue weighted by molar-refractivity contribution is -0.113. The quantitative estimate of drug-likeness (QED) is 0.299. The fourth-order valence-corrected chi connectivity index (χ4v) is 5.15. The molecule has 0 atom stereocenters. The summed E-state index contributed by atoms with van der Waals surface area (Å²) in [5.74, 6) is 2.71. The van der Waals surface area contributed by atoms with Crippen molar-refractivity contribution in [2.45, 2.75) is 30.5 Å². The fraction of sp³-hybridized carbons (Fsp3) is 0.192. The topological polar surface area (TPSA) is 59.8 Å². The van der Waals surface area contributed by atoms with Crippen LogP contribution in [0.3, 0.4) is 0 Å². The van der Waals surface area contributed by atoms with E-state index in [4.69, 9.17) is 0 Å². The van der Waals surface area contributed by atoms with Crippen molar-refractivity contribution in [3.63, 3.8) is 0 Å². The number of nitrogens with one attached hydrogen (secondary N) is 1. The molecule has 0 bridgehead atoms. The summed E-state index contributed by atoms with van der Waals surface area (Å²) in [4.78, 5) is 12.7. The van der Waals surface area contributed by atoms with E-state index in [0.717, 1.165) is 39.8 Å². The number of aryl methyl sites for hydroxylation is 2. The van der Waals surface area contributed by atoms with Crippen LogP contribution in [0.4, 0.5) is 5.69 Å². The molecule has 1 amide bonds. The number of hydrogen-bond acceptors (Lipinski definition) is 5. The molecule has 4 rings (SSSR count). The highest BCUT2D eigenvalue weighted by Gasteiger charge is 2.16. The second kappa shape index (κ2) is 11.2. The number of aromatic nitrogens is 3. The van der Waals surface area contributed by atoms with Crippen molar-refractivity contribution >= 4 is 35.1 Å². The molecule has 168 valence electrons. The number of nitrogens with zero attached hydrogens (tertiary/aromatic N) is 3. The van der Waals surface area contributed by atoms with Crippen LogP contribution >= 0.6 is 23.5 Å². The highest BCUT2D eigenvalue weighted by Crippen LogP contribution is 2.26. The second-order valence-electron chi connectivity index (χ2n) is 7.65. The van der Waals surface area contributed by atoms with Gasteiger partial charge in [-0.15, -0.1) is 22.0 Å². The fourth-order valence-electron chi connectivity index (χ4n) is 3.48. The summed E-state index contributed by atoms with van der Waals surface area (Å²) in [6.45, 7) is 4.00. The Morgan fingerprint density at radius 2 is 1.52 bits per heavy atom. The summed E-state index contributed by atoms with van der Waals surface area (Å²) < 4.78 is 2.05. The molecule has 0 radical (unpaired) electrons. The standard InChI is InChI=1S/C26H26N4OS2/c1-19-10-9-11-20(2)25(19)27-24(31)18-33-26-29-28-23(30(26)22-14-7-4-8-15-22)17-32-16-21-12-5-3-6-13-21/h3-15H,16-18H2,1-2H3,(H,27,31). The molecular formula is C26H26N4OS2. The third-order valence-electron chi connectivity index (χ3n) is 5.14. The predicted molar refractivity (Wildman–Crippen MR) is 138 cm³/mol. The number of anilines is 1. The largest absolute Gasteiger partial charge is 0.325 e. The number of thioether (sulfide) groups is 2. The molecule has 0 saturated heterocycles. The van der Waals surface area contributed by atoms with Crippen LogP contribution in [0.5, 0.6) is 0 Å². The Kier molecular flexibility index (Phi) is 7.86. The number of carbonyl (C=O) groups is 1. The Labute approximate surface area is 203 Å². The summed E-state index contributed by atoms with van der Waals surface area (Å²) >= 11 is 3.20. The maximum atomic E-state index is 12.7. The zero-order chi connectivity index (χ0) is 23.0. The molecule has 0 aliphatic rings. The molecule has 0 saturated carbocycles. The van der Waals surface area contributed by atoms with Gasteiger partial charge in [0.2, 0.25) is 5.91 Å². The molecule has 5 nitrogen and oxygen atoms in total. The number of amides is 1. The van der Waals surface area contributed by atoms with Crippen LogP contribution in [0.25, 0.3) is 5.69 Å². The average Bonchev–Trinajstić information content (AvgIpc) is 3.24. The summed E-state index contributed by atoms with van der Waals surface area (Å²) in [6, 6.07) is 26.5. The first-order valence-electron chi connectivity index (χ1n) is 10.7. The van der Waals surface area contributed by atoms with E-state index in [1.54, 1.807) is 11.8 Å². The summed E-state index contributed by atoms with van der Waals surface area (Å²) in [7, 11) is 0. The molecular weight excluding hydrogens is 448 g/mol. The summed E-state index contributed by atoms with van der Waals surface area (Å²) in [5.41, 5.74) is 5.27. The van der Waals surface area contributed by atoms with Gasteiger partial charge in [-0.1, -0.05) is 78.5 Å². The maximum Gasteiger partial charge on any atom is 0.234 e. The lowest BCUT2D eigenvalue weighted by atomic mass is 10.1. The van der Waals surface area contributed by atoms with Gasteiger partial charge in [0.15, 0.2) is 5.16 Å².